The monoisotopic (exact) mass is 451 g/mol. The zero-order chi connectivity index (χ0) is 13.4. The number of rotatable bonds is 1. The SMILES string of the molecule is [Ir].[c-]1ccc2c(c1-c1ccc3ccccc3n1)CCCC2. The Labute approximate surface area is 138 Å². The van der Waals surface area contributed by atoms with E-state index in [-0.39, 0.29) is 20.1 Å². The van der Waals surface area contributed by atoms with E-state index in [1.165, 1.54) is 41.3 Å². The number of para-hydroxylation sites is 1. The second kappa shape index (κ2) is 6.09. The normalized spacial score (nSPS) is 13.5. The quantitative estimate of drug-likeness (QED) is 0.495. The molecule has 0 unspecified atom stereocenters. The van der Waals surface area contributed by atoms with Crippen LogP contribution >= 0.6 is 0 Å². The van der Waals surface area contributed by atoms with Crippen molar-refractivity contribution in [2.75, 3.05) is 0 Å². The molecule has 0 fully saturated rings. The zero-order valence-corrected chi connectivity index (χ0v) is 14.1. The van der Waals surface area contributed by atoms with Gasteiger partial charge in [-0.2, -0.15) is 0 Å². The van der Waals surface area contributed by atoms with Crippen LogP contribution in [0.15, 0.2) is 48.5 Å². The average Bonchev–Trinajstić information content (AvgIpc) is 2.54. The third kappa shape index (κ3) is 2.66. The summed E-state index contributed by atoms with van der Waals surface area (Å²) in [5.74, 6) is 0. The molecular weight excluding hydrogens is 434 g/mol. The molecule has 1 nitrogen and oxygen atoms in total. The van der Waals surface area contributed by atoms with E-state index >= 15 is 0 Å². The molecule has 21 heavy (non-hydrogen) atoms. The summed E-state index contributed by atoms with van der Waals surface area (Å²) in [6, 6.07) is 20.3. The van der Waals surface area contributed by atoms with Crippen molar-refractivity contribution in [2.24, 2.45) is 0 Å². The van der Waals surface area contributed by atoms with E-state index in [1.54, 1.807) is 0 Å². The van der Waals surface area contributed by atoms with Crippen molar-refractivity contribution < 1.29 is 20.1 Å². The average molecular weight is 451 g/mol. The molecule has 0 bridgehead atoms. The van der Waals surface area contributed by atoms with E-state index < -0.39 is 0 Å². The molecule has 0 saturated carbocycles. The van der Waals surface area contributed by atoms with Crippen LogP contribution < -0.4 is 0 Å². The Kier molecular flexibility index (Phi) is 4.19. The van der Waals surface area contributed by atoms with Crippen LogP contribution in [-0.4, -0.2) is 4.98 Å². The predicted octanol–water partition coefficient (Wildman–Crippen LogP) is 4.58. The fourth-order valence-electron chi connectivity index (χ4n) is 3.14. The molecule has 0 N–H and O–H groups in total. The maximum absolute atomic E-state index is 4.82. The van der Waals surface area contributed by atoms with Crippen LogP contribution in [-0.2, 0) is 32.9 Å². The van der Waals surface area contributed by atoms with Gasteiger partial charge in [-0.3, -0.25) is 4.98 Å². The van der Waals surface area contributed by atoms with Crippen molar-refractivity contribution >= 4 is 10.9 Å². The van der Waals surface area contributed by atoms with Gasteiger partial charge in [-0.25, -0.2) is 0 Å². The largest absolute Gasteiger partial charge is 0.296 e. The Bertz CT molecular complexity index is 779. The molecule has 1 heterocycles. The number of benzene rings is 2. The Hall–Kier alpha value is -1.50. The maximum Gasteiger partial charge on any atom is 0.0595 e. The van der Waals surface area contributed by atoms with Crippen LogP contribution in [0.1, 0.15) is 24.0 Å². The summed E-state index contributed by atoms with van der Waals surface area (Å²) in [5, 5.41) is 1.20. The first-order valence-corrected chi connectivity index (χ1v) is 7.30. The van der Waals surface area contributed by atoms with Crippen LogP contribution in [0.2, 0.25) is 0 Å². The summed E-state index contributed by atoms with van der Waals surface area (Å²) in [5.41, 5.74) is 6.27. The smallest absolute Gasteiger partial charge is 0.0595 e. The number of aromatic nitrogens is 1. The molecule has 0 atom stereocenters. The molecule has 1 aromatic heterocycles. The second-order valence-electron chi connectivity index (χ2n) is 5.45. The molecule has 107 valence electrons. The number of pyridine rings is 1. The molecule has 0 spiro atoms. The van der Waals surface area contributed by atoms with Crippen molar-refractivity contribution in [3.8, 4) is 11.3 Å². The minimum absolute atomic E-state index is 0. The summed E-state index contributed by atoms with van der Waals surface area (Å²) in [6.45, 7) is 0. The van der Waals surface area contributed by atoms with Crippen molar-refractivity contribution in [2.45, 2.75) is 25.7 Å². The summed E-state index contributed by atoms with van der Waals surface area (Å²) in [6.07, 6.45) is 4.95. The first kappa shape index (κ1) is 14.4. The molecule has 2 aromatic carbocycles. The summed E-state index contributed by atoms with van der Waals surface area (Å²) in [7, 11) is 0. The number of fused-ring (bicyclic) bond motifs is 2. The minimum atomic E-state index is 0. The van der Waals surface area contributed by atoms with Gasteiger partial charge in [0.1, 0.15) is 0 Å². The van der Waals surface area contributed by atoms with Gasteiger partial charge in [-0.05, 0) is 23.6 Å². The third-order valence-electron chi connectivity index (χ3n) is 4.18. The van der Waals surface area contributed by atoms with E-state index in [0.717, 1.165) is 17.6 Å². The van der Waals surface area contributed by atoms with Crippen molar-refractivity contribution in [3.63, 3.8) is 0 Å². The van der Waals surface area contributed by atoms with Gasteiger partial charge in [0.05, 0.1) is 5.52 Å². The van der Waals surface area contributed by atoms with Gasteiger partial charge >= 0.3 is 0 Å². The van der Waals surface area contributed by atoms with Gasteiger partial charge in [0.15, 0.2) is 0 Å². The van der Waals surface area contributed by atoms with E-state index in [4.69, 9.17) is 4.98 Å². The summed E-state index contributed by atoms with van der Waals surface area (Å²) >= 11 is 0. The van der Waals surface area contributed by atoms with E-state index in [0.29, 0.717) is 0 Å². The third-order valence-corrected chi connectivity index (χ3v) is 4.18. The Morgan fingerprint density at radius 2 is 1.76 bits per heavy atom. The van der Waals surface area contributed by atoms with Crippen molar-refractivity contribution in [3.05, 3.63) is 65.7 Å². The Balaban J connectivity index is 0.00000132. The second-order valence-corrected chi connectivity index (χ2v) is 5.45. The molecule has 2 heteroatoms. The van der Waals surface area contributed by atoms with Crippen LogP contribution in [0.4, 0.5) is 0 Å². The van der Waals surface area contributed by atoms with Gasteiger partial charge < -0.3 is 0 Å². The standard InChI is InChI=1S/C19H16N.Ir/c1-3-9-16-14(6-1)8-5-10-17(16)19-13-12-15-7-2-4-11-18(15)20-19;/h2,4-5,7-8,11-13H,1,3,6,9H2;/q-1;. The van der Waals surface area contributed by atoms with Crippen LogP contribution in [0.25, 0.3) is 22.2 Å². The minimum Gasteiger partial charge on any atom is -0.296 e. The molecule has 1 aliphatic rings. The van der Waals surface area contributed by atoms with Gasteiger partial charge in [-0.1, -0.05) is 49.6 Å². The number of aryl methyl sites for hydroxylation is 1. The molecule has 1 radical (unpaired) electrons. The first-order valence-electron chi connectivity index (χ1n) is 7.30. The number of nitrogens with zero attached hydrogens (tertiary/aromatic N) is 1. The van der Waals surface area contributed by atoms with Gasteiger partial charge in [-0.15, -0.1) is 34.9 Å². The number of hydrogen-bond acceptors (Lipinski definition) is 1. The molecule has 3 aromatic rings. The topological polar surface area (TPSA) is 12.9 Å². The van der Waals surface area contributed by atoms with Gasteiger partial charge in [0, 0.05) is 20.1 Å². The van der Waals surface area contributed by atoms with Crippen LogP contribution in [0.3, 0.4) is 0 Å². The van der Waals surface area contributed by atoms with Crippen molar-refractivity contribution in [1.29, 1.82) is 0 Å². The Morgan fingerprint density at radius 3 is 2.71 bits per heavy atom. The van der Waals surface area contributed by atoms with Gasteiger partial charge in [0.2, 0.25) is 0 Å². The van der Waals surface area contributed by atoms with E-state index in [9.17, 15) is 0 Å². The maximum atomic E-state index is 4.82. The fraction of sp³-hybridized carbons (Fsp3) is 0.211. The molecule has 0 amide bonds. The van der Waals surface area contributed by atoms with Crippen molar-refractivity contribution in [1.82, 2.24) is 4.98 Å². The molecule has 0 aliphatic heterocycles. The molecule has 4 rings (SSSR count). The number of hydrogen-bond donors (Lipinski definition) is 0. The van der Waals surface area contributed by atoms with E-state index in [1.807, 2.05) is 6.07 Å². The first-order chi connectivity index (χ1) is 9.92. The van der Waals surface area contributed by atoms with E-state index in [2.05, 4.69) is 48.5 Å². The van der Waals surface area contributed by atoms with Crippen LogP contribution in [0.5, 0.6) is 0 Å². The summed E-state index contributed by atoms with van der Waals surface area (Å²) in [4.78, 5) is 4.82. The molecule has 1 aliphatic carbocycles. The Morgan fingerprint density at radius 1 is 0.905 bits per heavy atom. The zero-order valence-electron chi connectivity index (χ0n) is 11.7. The van der Waals surface area contributed by atoms with Crippen LogP contribution in [0, 0.1) is 6.07 Å². The summed E-state index contributed by atoms with van der Waals surface area (Å²) < 4.78 is 0. The fourth-order valence-corrected chi connectivity index (χ4v) is 3.14. The predicted molar refractivity (Wildman–Crippen MR) is 82.7 cm³/mol. The molecule has 0 saturated heterocycles. The van der Waals surface area contributed by atoms with Gasteiger partial charge in [0.25, 0.3) is 0 Å². The molecular formula is C19H16IrN-.